The fourth-order valence-electron chi connectivity index (χ4n) is 2.36. The van der Waals surface area contributed by atoms with Gasteiger partial charge in [0.25, 0.3) is 0 Å². The summed E-state index contributed by atoms with van der Waals surface area (Å²) in [6.45, 7) is 1.45. The Morgan fingerprint density at radius 1 is 1.32 bits per heavy atom. The van der Waals surface area contributed by atoms with E-state index in [-0.39, 0.29) is 17.5 Å². The first-order valence-corrected chi connectivity index (χ1v) is 6.72. The van der Waals surface area contributed by atoms with Gasteiger partial charge in [0.15, 0.2) is 0 Å². The second kappa shape index (κ2) is 5.86. The molecule has 1 saturated carbocycles. The molecule has 0 bridgehead atoms. The van der Waals surface area contributed by atoms with Crippen molar-refractivity contribution in [1.82, 2.24) is 10.6 Å². The lowest BCUT2D eigenvalue weighted by molar-refractivity contribution is -0.138. The fourth-order valence-corrected chi connectivity index (χ4v) is 2.36. The third-order valence-electron chi connectivity index (χ3n) is 3.54. The van der Waals surface area contributed by atoms with Crippen LogP contribution in [-0.4, -0.2) is 24.0 Å². The number of hydrogen-bond acceptors (Lipinski definition) is 2. The van der Waals surface area contributed by atoms with E-state index in [0.717, 1.165) is 6.07 Å². The molecule has 0 heterocycles. The summed E-state index contributed by atoms with van der Waals surface area (Å²) in [4.78, 5) is 22.4. The third kappa shape index (κ3) is 3.69. The molecular formula is C14H16F3N3O2. The van der Waals surface area contributed by atoms with Crippen molar-refractivity contribution in [2.75, 3.05) is 0 Å². The third-order valence-corrected chi connectivity index (χ3v) is 3.54. The number of nitrogens with two attached hydrogens (primary N) is 1. The molecule has 0 aliphatic heterocycles. The molecule has 1 aromatic rings. The van der Waals surface area contributed by atoms with Crippen molar-refractivity contribution < 1.29 is 22.8 Å². The fraction of sp³-hybridized carbons (Fsp3) is 0.429. The van der Waals surface area contributed by atoms with Crippen LogP contribution in [0.4, 0.5) is 18.0 Å². The highest BCUT2D eigenvalue weighted by atomic mass is 19.4. The monoisotopic (exact) mass is 315 g/mol. The molecule has 1 aromatic carbocycles. The summed E-state index contributed by atoms with van der Waals surface area (Å²) in [6, 6.07) is 3.29. The number of carbonyl (C=O) groups is 2. The van der Waals surface area contributed by atoms with E-state index >= 15 is 0 Å². The number of alkyl halides is 3. The Labute approximate surface area is 125 Å². The quantitative estimate of drug-likeness (QED) is 0.790. The standard InChI is InChI=1S/C14H16F3N3O2/c1-7(19-13(18)22)12(21)20-11-6-9(11)8-4-2-3-5-10(8)14(15,16)17/h2-5,7,9,11H,6H2,1H3,(H,20,21)(H3,18,19,22)/t7-,9-,11+/m0/s1. The smallest absolute Gasteiger partial charge is 0.352 e. The van der Waals surface area contributed by atoms with Gasteiger partial charge in [0, 0.05) is 12.0 Å². The van der Waals surface area contributed by atoms with Crippen molar-refractivity contribution in [1.29, 1.82) is 0 Å². The van der Waals surface area contributed by atoms with Gasteiger partial charge in [-0.3, -0.25) is 4.79 Å². The van der Waals surface area contributed by atoms with Gasteiger partial charge in [0.1, 0.15) is 6.04 Å². The lowest BCUT2D eigenvalue weighted by Crippen LogP contribution is -2.47. The van der Waals surface area contributed by atoms with Crippen LogP contribution in [0.1, 0.15) is 30.4 Å². The number of amides is 3. The predicted octanol–water partition coefficient (Wildman–Crippen LogP) is 1.73. The maximum absolute atomic E-state index is 12.9. The van der Waals surface area contributed by atoms with Crippen LogP contribution in [0, 0.1) is 0 Å². The molecule has 5 nitrogen and oxygen atoms in total. The molecule has 1 fully saturated rings. The average Bonchev–Trinajstić information content (AvgIpc) is 3.16. The van der Waals surface area contributed by atoms with Crippen LogP contribution < -0.4 is 16.4 Å². The van der Waals surface area contributed by atoms with Gasteiger partial charge in [-0.15, -0.1) is 0 Å². The molecule has 0 aromatic heterocycles. The van der Waals surface area contributed by atoms with Gasteiger partial charge in [-0.1, -0.05) is 18.2 Å². The van der Waals surface area contributed by atoms with Crippen molar-refractivity contribution >= 4 is 11.9 Å². The van der Waals surface area contributed by atoms with Crippen molar-refractivity contribution in [2.24, 2.45) is 5.73 Å². The number of rotatable bonds is 4. The predicted molar refractivity (Wildman–Crippen MR) is 72.9 cm³/mol. The van der Waals surface area contributed by atoms with Crippen molar-refractivity contribution in [3.8, 4) is 0 Å². The zero-order chi connectivity index (χ0) is 16.5. The van der Waals surface area contributed by atoms with E-state index < -0.39 is 29.7 Å². The Kier molecular flexibility index (Phi) is 4.30. The van der Waals surface area contributed by atoms with Crippen LogP contribution in [0.2, 0.25) is 0 Å². The van der Waals surface area contributed by atoms with Gasteiger partial charge in [0.05, 0.1) is 5.56 Å². The van der Waals surface area contributed by atoms with Crippen LogP contribution >= 0.6 is 0 Å². The summed E-state index contributed by atoms with van der Waals surface area (Å²) in [5.41, 5.74) is 4.40. The summed E-state index contributed by atoms with van der Waals surface area (Å²) in [7, 11) is 0. The highest BCUT2D eigenvalue weighted by Crippen LogP contribution is 2.46. The van der Waals surface area contributed by atoms with Gasteiger partial charge >= 0.3 is 12.2 Å². The normalized spacial score (nSPS) is 21.8. The van der Waals surface area contributed by atoms with E-state index in [1.165, 1.54) is 19.1 Å². The first-order chi connectivity index (χ1) is 10.2. The molecule has 8 heteroatoms. The minimum atomic E-state index is -4.42. The van der Waals surface area contributed by atoms with Crippen LogP contribution in [0.5, 0.6) is 0 Å². The molecule has 4 N–H and O–H groups in total. The molecule has 22 heavy (non-hydrogen) atoms. The minimum Gasteiger partial charge on any atom is -0.352 e. The van der Waals surface area contributed by atoms with Gasteiger partial charge < -0.3 is 16.4 Å². The summed E-state index contributed by atoms with van der Waals surface area (Å²) in [6.07, 6.45) is -3.99. The Balaban J connectivity index is 2.02. The largest absolute Gasteiger partial charge is 0.416 e. The SMILES string of the molecule is C[C@H](NC(N)=O)C(=O)N[C@@H]1C[C@H]1c1ccccc1C(F)(F)F. The number of carbonyl (C=O) groups excluding carboxylic acids is 2. The summed E-state index contributed by atoms with van der Waals surface area (Å²) < 4.78 is 38.8. The highest BCUT2D eigenvalue weighted by molar-refractivity contribution is 5.86. The minimum absolute atomic E-state index is 0.177. The van der Waals surface area contributed by atoms with Crippen molar-refractivity contribution in [3.05, 3.63) is 35.4 Å². The Morgan fingerprint density at radius 3 is 2.55 bits per heavy atom. The number of benzene rings is 1. The summed E-state index contributed by atoms with van der Waals surface area (Å²) >= 11 is 0. The molecule has 0 saturated heterocycles. The number of halogens is 3. The van der Waals surface area contributed by atoms with Crippen molar-refractivity contribution in [3.63, 3.8) is 0 Å². The van der Waals surface area contributed by atoms with E-state index in [1.807, 2.05) is 0 Å². The molecular weight excluding hydrogens is 299 g/mol. The van der Waals surface area contributed by atoms with Crippen molar-refractivity contribution in [2.45, 2.75) is 37.5 Å². The van der Waals surface area contributed by atoms with E-state index in [2.05, 4.69) is 10.6 Å². The average molecular weight is 315 g/mol. The Morgan fingerprint density at radius 2 is 1.95 bits per heavy atom. The molecule has 3 atom stereocenters. The van der Waals surface area contributed by atoms with Gasteiger partial charge in [-0.05, 0) is 25.0 Å². The van der Waals surface area contributed by atoms with E-state index in [1.54, 1.807) is 6.07 Å². The zero-order valence-electron chi connectivity index (χ0n) is 11.8. The van der Waals surface area contributed by atoms with Crippen LogP contribution in [0.25, 0.3) is 0 Å². The molecule has 120 valence electrons. The Hall–Kier alpha value is -2.25. The maximum Gasteiger partial charge on any atom is 0.416 e. The maximum atomic E-state index is 12.9. The van der Waals surface area contributed by atoms with Crippen LogP contribution in [0.3, 0.4) is 0 Å². The number of nitrogens with one attached hydrogen (secondary N) is 2. The second-order valence-electron chi connectivity index (χ2n) is 5.27. The molecule has 2 rings (SSSR count). The molecule has 0 spiro atoms. The first-order valence-electron chi connectivity index (χ1n) is 6.72. The van der Waals surface area contributed by atoms with Gasteiger partial charge in [-0.2, -0.15) is 13.2 Å². The molecule has 3 amide bonds. The van der Waals surface area contributed by atoms with Crippen LogP contribution in [-0.2, 0) is 11.0 Å². The summed E-state index contributed by atoms with van der Waals surface area (Å²) in [5, 5.41) is 4.82. The van der Waals surface area contributed by atoms with E-state index in [0.29, 0.717) is 6.42 Å². The highest BCUT2D eigenvalue weighted by Gasteiger charge is 2.45. The lowest BCUT2D eigenvalue weighted by Gasteiger charge is -2.14. The second-order valence-corrected chi connectivity index (χ2v) is 5.27. The van der Waals surface area contributed by atoms with Gasteiger partial charge in [0.2, 0.25) is 5.91 Å². The molecule has 1 aliphatic carbocycles. The molecule has 0 unspecified atom stereocenters. The summed E-state index contributed by atoms with van der Waals surface area (Å²) in [5.74, 6) is -0.849. The zero-order valence-corrected chi connectivity index (χ0v) is 11.8. The lowest BCUT2D eigenvalue weighted by atomic mass is 10.0. The first kappa shape index (κ1) is 16.1. The molecule has 0 radical (unpaired) electrons. The Bertz CT molecular complexity index is 589. The van der Waals surface area contributed by atoms with E-state index in [9.17, 15) is 22.8 Å². The van der Waals surface area contributed by atoms with E-state index in [4.69, 9.17) is 5.73 Å². The number of urea groups is 1. The topological polar surface area (TPSA) is 84.2 Å². The number of hydrogen-bond donors (Lipinski definition) is 3. The van der Waals surface area contributed by atoms with Gasteiger partial charge in [-0.25, -0.2) is 4.79 Å². The molecule has 1 aliphatic rings. The number of primary amides is 1. The van der Waals surface area contributed by atoms with Crippen LogP contribution in [0.15, 0.2) is 24.3 Å².